The van der Waals surface area contributed by atoms with Crippen LogP contribution in [0.4, 0.5) is 5.69 Å². The Morgan fingerprint density at radius 1 is 0.957 bits per heavy atom. The molecule has 6 heteroatoms. The fourth-order valence-corrected chi connectivity index (χ4v) is 2.75. The molecule has 2 aromatic rings. The Morgan fingerprint density at radius 3 is 2.17 bits per heavy atom. The second kappa shape index (κ2) is 5.72. The summed E-state index contributed by atoms with van der Waals surface area (Å²) in [4.78, 5) is 14.3. The summed E-state index contributed by atoms with van der Waals surface area (Å²) in [7, 11) is 0. The van der Waals surface area contributed by atoms with Gasteiger partial charge >= 0.3 is 0 Å². The van der Waals surface area contributed by atoms with Crippen molar-refractivity contribution in [2.75, 3.05) is 4.90 Å². The first-order valence-corrected chi connectivity index (χ1v) is 7.43. The fraction of sp³-hybridized carbons (Fsp3) is 0.235. The Kier molecular flexibility index (Phi) is 3.73. The lowest BCUT2D eigenvalue weighted by Crippen LogP contribution is -2.54. The Balaban J connectivity index is 1.84. The molecule has 1 aromatic carbocycles. The summed E-state index contributed by atoms with van der Waals surface area (Å²) in [6.45, 7) is 3.90. The summed E-state index contributed by atoms with van der Waals surface area (Å²) in [6, 6.07) is 12.3. The van der Waals surface area contributed by atoms with Gasteiger partial charge in [-0.15, -0.1) is 0 Å². The van der Waals surface area contributed by atoms with Crippen molar-refractivity contribution in [3.8, 4) is 0 Å². The average Bonchev–Trinajstić information content (AvgIpc) is 2.48. The highest BCUT2D eigenvalue weighted by Crippen LogP contribution is 2.27. The van der Waals surface area contributed by atoms with Crippen LogP contribution in [-0.4, -0.2) is 22.6 Å². The van der Waals surface area contributed by atoms with Crippen LogP contribution in [0.1, 0.15) is 25.0 Å². The molecule has 0 spiro atoms. The standard InChI is InChI=1S/C17H20N6/c1-17(2)22-15(18)21-16(19)23(17)14-5-3-12(4-6-14)11-13-7-9-20-10-8-13/h3-10H,11H2,1-2H3,(H4,18,19,21,22). The van der Waals surface area contributed by atoms with E-state index < -0.39 is 5.66 Å². The van der Waals surface area contributed by atoms with Gasteiger partial charge in [-0.2, -0.15) is 4.99 Å². The third kappa shape index (κ3) is 3.15. The first-order chi connectivity index (χ1) is 11.0. The molecule has 0 amide bonds. The summed E-state index contributed by atoms with van der Waals surface area (Å²) in [5.41, 5.74) is 14.6. The number of aliphatic imine (C=N–C) groups is 2. The van der Waals surface area contributed by atoms with E-state index in [-0.39, 0.29) is 5.96 Å². The lowest BCUT2D eigenvalue weighted by Gasteiger charge is -2.38. The lowest BCUT2D eigenvalue weighted by molar-refractivity contribution is 0.534. The van der Waals surface area contributed by atoms with Gasteiger partial charge in [0.25, 0.3) is 0 Å². The number of guanidine groups is 2. The van der Waals surface area contributed by atoms with Gasteiger partial charge in [-0.25, -0.2) is 4.99 Å². The lowest BCUT2D eigenvalue weighted by atomic mass is 10.0. The van der Waals surface area contributed by atoms with E-state index in [1.807, 2.05) is 43.0 Å². The van der Waals surface area contributed by atoms with Crippen molar-refractivity contribution >= 4 is 17.6 Å². The highest BCUT2D eigenvalue weighted by Gasteiger charge is 2.32. The van der Waals surface area contributed by atoms with Gasteiger partial charge in [0.1, 0.15) is 5.66 Å². The van der Waals surface area contributed by atoms with Crippen LogP contribution in [0.2, 0.25) is 0 Å². The molecule has 0 fully saturated rings. The maximum Gasteiger partial charge on any atom is 0.220 e. The van der Waals surface area contributed by atoms with Gasteiger partial charge in [0, 0.05) is 18.1 Å². The maximum atomic E-state index is 6.05. The van der Waals surface area contributed by atoms with Crippen LogP contribution in [0.25, 0.3) is 0 Å². The van der Waals surface area contributed by atoms with Crippen molar-refractivity contribution in [2.24, 2.45) is 21.5 Å². The van der Waals surface area contributed by atoms with Crippen molar-refractivity contribution in [3.63, 3.8) is 0 Å². The Hall–Kier alpha value is -2.89. The van der Waals surface area contributed by atoms with E-state index in [9.17, 15) is 0 Å². The minimum Gasteiger partial charge on any atom is -0.369 e. The van der Waals surface area contributed by atoms with Crippen LogP contribution in [-0.2, 0) is 6.42 Å². The van der Waals surface area contributed by atoms with Crippen LogP contribution in [0.15, 0.2) is 58.8 Å². The number of rotatable bonds is 3. The van der Waals surface area contributed by atoms with E-state index >= 15 is 0 Å². The van der Waals surface area contributed by atoms with E-state index in [0.717, 1.165) is 12.1 Å². The van der Waals surface area contributed by atoms with Gasteiger partial charge in [-0.05, 0) is 55.7 Å². The Bertz CT molecular complexity index is 746. The first-order valence-electron chi connectivity index (χ1n) is 7.43. The van der Waals surface area contributed by atoms with Gasteiger partial charge in [0.05, 0.1) is 0 Å². The molecule has 23 heavy (non-hydrogen) atoms. The van der Waals surface area contributed by atoms with E-state index in [1.165, 1.54) is 11.1 Å². The van der Waals surface area contributed by atoms with Gasteiger partial charge in [0.15, 0.2) is 0 Å². The molecule has 0 radical (unpaired) electrons. The number of aromatic nitrogens is 1. The largest absolute Gasteiger partial charge is 0.369 e. The summed E-state index contributed by atoms with van der Waals surface area (Å²) < 4.78 is 0. The molecule has 4 N–H and O–H groups in total. The van der Waals surface area contributed by atoms with Crippen LogP contribution in [0.5, 0.6) is 0 Å². The van der Waals surface area contributed by atoms with E-state index in [2.05, 4.69) is 27.1 Å². The quantitative estimate of drug-likeness (QED) is 0.905. The molecule has 0 bridgehead atoms. The highest BCUT2D eigenvalue weighted by atomic mass is 15.4. The van der Waals surface area contributed by atoms with Gasteiger partial charge in [-0.3, -0.25) is 9.88 Å². The summed E-state index contributed by atoms with van der Waals surface area (Å²) >= 11 is 0. The molecule has 0 atom stereocenters. The number of nitrogens with zero attached hydrogens (tertiary/aromatic N) is 4. The highest BCUT2D eigenvalue weighted by molar-refractivity contribution is 6.05. The fourth-order valence-electron chi connectivity index (χ4n) is 2.75. The molecular weight excluding hydrogens is 288 g/mol. The minimum absolute atomic E-state index is 0.207. The molecule has 1 aliphatic rings. The van der Waals surface area contributed by atoms with Crippen LogP contribution < -0.4 is 16.4 Å². The predicted molar refractivity (Wildman–Crippen MR) is 93.3 cm³/mol. The third-order valence-electron chi connectivity index (χ3n) is 3.75. The van der Waals surface area contributed by atoms with Gasteiger partial charge in [0.2, 0.25) is 11.9 Å². The summed E-state index contributed by atoms with van der Waals surface area (Å²) in [5, 5.41) is 0. The number of benzene rings is 1. The van der Waals surface area contributed by atoms with Crippen LogP contribution in [0.3, 0.4) is 0 Å². The number of anilines is 1. The van der Waals surface area contributed by atoms with Crippen molar-refractivity contribution in [3.05, 3.63) is 59.9 Å². The van der Waals surface area contributed by atoms with Crippen LogP contribution in [0, 0.1) is 0 Å². The molecule has 118 valence electrons. The first kappa shape index (κ1) is 15.0. The predicted octanol–water partition coefficient (Wildman–Crippen LogP) is 1.86. The van der Waals surface area contributed by atoms with E-state index in [0.29, 0.717) is 5.96 Å². The van der Waals surface area contributed by atoms with Crippen molar-refractivity contribution in [1.29, 1.82) is 0 Å². The van der Waals surface area contributed by atoms with Gasteiger partial charge < -0.3 is 11.5 Å². The van der Waals surface area contributed by atoms with Crippen molar-refractivity contribution in [1.82, 2.24) is 4.98 Å². The number of nitrogens with two attached hydrogens (primary N) is 2. The molecule has 3 rings (SSSR count). The summed E-state index contributed by atoms with van der Waals surface area (Å²) in [6.07, 6.45) is 4.47. The Morgan fingerprint density at radius 2 is 1.57 bits per heavy atom. The second-order valence-electron chi connectivity index (χ2n) is 5.97. The van der Waals surface area contributed by atoms with Gasteiger partial charge in [-0.1, -0.05) is 12.1 Å². The molecule has 2 heterocycles. The minimum atomic E-state index is -0.567. The maximum absolute atomic E-state index is 6.05. The number of pyridine rings is 1. The summed E-state index contributed by atoms with van der Waals surface area (Å²) in [5.74, 6) is 0.558. The smallest absolute Gasteiger partial charge is 0.220 e. The number of hydrogen-bond acceptors (Lipinski definition) is 6. The molecule has 0 unspecified atom stereocenters. The third-order valence-corrected chi connectivity index (χ3v) is 3.75. The Labute approximate surface area is 135 Å². The van der Waals surface area contributed by atoms with Crippen molar-refractivity contribution < 1.29 is 0 Å². The van der Waals surface area contributed by atoms with Crippen molar-refractivity contribution in [2.45, 2.75) is 25.9 Å². The zero-order valence-electron chi connectivity index (χ0n) is 13.3. The zero-order valence-corrected chi connectivity index (χ0v) is 13.3. The molecular formula is C17H20N6. The topological polar surface area (TPSA) is 92.9 Å². The molecule has 6 nitrogen and oxygen atoms in total. The monoisotopic (exact) mass is 308 g/mol. The second-order valence-corrected chi connectivity index (χ2v) is 5.97. The molecule has 0 aliphatic carbocycles. The average molecular weight is 308 g/mol. The SMILES string of the molecule is CC1(C)N=C(N)N=C(N)N1c1ccc(Cc2ccncc2)cc1. The van der Waals surface area contributed by atoms with E-state index in [4.69, 9.17) is 11.5 Å². The zero-order chi connectivity index (χ0) is 16.4. The molecule has 1 aliphatic heterocycles. The molecule has 1 aromatic heterocycles. The molecule has 0 saturated carbocycles. The van der Waals surface area contributed by atoms with Crippen LogP contribution >= 0.6 is 0 Å². The normalized spacial score (nSPS) is 16.7. The number of hydrogen-bond donors (Lipinski definition) is 2. The molecule has 0 saturated heterocycles. The van der Waals surface area contributed by atoms with E-state index in [1.54, 1.807) is 12.4 Å².